The number of sulfone groups is 1. The van der Waals surface area contributed by atoms with Crippen LogP contribution < -0.4 is 11.1 Å². The van der Waals surface area contributed by atoms with Crippen molar-refractivity contribution in [1.82, 2.24) is 5.32 Å². The molecule has 0 spiro atoms. The number of fused-ring (bicyclic) bond motifs is 1. The molecule has 1 aliphatic rings. The van der Waals surface area contributed by atoms with Gasteiger partial charge in [0.05, 0.1) is 5.69 Å². The van der Waals surface area contributed by atoms with E-state index in [9.17, 15) is 8.42 Å². The van der Waals surface area contributed by atoms with Gasteiger partial charge in [-0.2, -0.15) is 0 Å². The second-order valence-corrected chi connectivity index (χ2v) is 6.18. The maximum absolute atomic E-state index is 11.9. The fourth-order valence-corrected chi connectivity index (χ4v) is 3.49. The third kappa shape index (κ3) is 2.21. The van der Waals surface area contributed by atoms with E-state index < -0.39 is 9.84 Å². The first kappa shape index (κ1) is 12.1. The number of hydrogen-bond donors (Lipinski definition) is 2. The molecule has 5 heteroatoms. The van der Waals surface area contributed by atoms with Crippen molar-refractivity contribution >= 4 is 21.1 Å². The first-order valence-electron chi connectivity index (χ1n) is 5.50. The van der Waals surface area contributed by atoms with Crippen LogP contribution in [-0.2, 0) is 9.84 Å². The van der Waals surface area contributed by atoms with E-state index in [4.69, 9.17) is 5.73 Å². The fraction of sp³-hybridized carbons (Fsp3) is 0.333. The summed E-state index contributed by atoms with van der Waals surface area (Å²) < 4.78 is 23.9. The third-order valence-corrected chi connectivity index (χ3v) is 4.29. The van der Waals surface area contributed by atoms with Crippen molar-refractivity contribution in [2.75, 3.05) is 12.3 Å². The van der Waals surface area contributed by atoms with Crippen LogP contribution in [0.4, 0.5) is 5.69 Å². The summed E-state index contributed by atoms with van der Waals surface area (Å²) in [6, 6.07) is 5.49. The quantitative estimate of drug-likeness (QED) is 0.797. The van der Waals surface area contributed by atoms with Crippen LogP contribution in [0.5, 0.6) is 0 Å². The van der Waals surface area contributed by atoms with Crippen LogP contribution in [0, 0.1) is 0 Å². The summed E-state index contributed by atoms with van der Waals surface area (Å²) in [5.41, 5.74) is 7.55. The van der Waals surface area contributed by atoms with Gasteiger partial charge in [-0.05, 0) is 11.6 Å². The van der Waals surface area contributed by atoms with Crippen LogP contribution in [0.1, 0.15) is 19.4 Å². The molecule has 2 rings (SSSR count). The summed E-state index contributed by atoms with van der Waals surface area (Å²) in [7, 11) is -3.36. The first-order valence-corrected chi connectivity index (χ1v) is 7.04. The van der Waals surface area contributed by atoms with E-state index >= 15 is 0 Å². The average molecular weight is 252 g/mol. The zero-order chi connectivity index (χ0) is 12.6. The Morgan fingerprint density at radius 3 is 2.71 bits per heavy atom. The maximum atomic E-state index is 11.9. The molecule has 0 amide bonds. The number of rotatable bonds is 3. The summed E-state index contributed by atoms with van der Waals surface area (Å²) in [4.78, 5) is 0.251. The summed E-state index contributed by atoms with van der Waals surface area (Å²) in [6.45, 7) is 4.57. The molecule has 0 aliphatic carbocycles. The molecule has 17 heavy (non-hydrogen) atoms. The van der Waals surface area contributed by atoms with Gasteiger partial charge in [-0.15, -0.1) is 0 Å². The zero-order valence-electron chi connectivity index (χ0n) is 9.90. The molecule has 4 nitrogen and oxygen atoms in total. The van der Waals surface area contributed by atoms with E-state index in [0.717, 1.165) is 11.1 Å². The lowest BCUT2D eigenvalue weighted by Crippen LogP contribution is -2.24. The minimum Gasteiger partial charge on any atom is -0.398 e. The Morgan fingerprint density at radius 2 is 2.06 bits per heavy atom. The third-order valence-electron chi connectivity index (χ3n) is 2.67. The van der Waals surface area contributed by atoms with Crippen molar-refractivity contribution in [2.24, 2.45) is 0 Å². The smallest absolute Gasteiger partial charge is 0.202 e. The molecule has 0 radical (unpaired) electrons. The van der Waals surface area contributed by atoms with Gasteiger partial charge in [0.25, 0.3) is 0 Å². The molecule has 0 unspecified atom stereocenters. The highest BCUT2D eigenvalue weighted by Gasteiger charge is 2.28. The van der Waals surface area contributed by atoms with Crippen molar-refractivity contribution in [3.05, 3.63) is 29.2 Å². The molecule has 0 fully saturated rings. The Balaban J connectivity index is 2.44. The fourth-order valence-electron chi connectivity index (χ4n) is 1.89. The van der Waals surface area contributed by atoms with E-state index in [1.165, 1.54) is 5.41 Å². The van der Waals surface area contributed by atoms with Crippen LogP contribution in [0.3, 0.4) is 0 Å². The predicted octanol–water partition coefficient (Wildman–Crippen LogP) is 1.39. The highest BCUT2D eigenvalue weighted by atomic mass is 32.2. The number of nitrogen functional groups attached to an aromatic ring is 1. The molecule has 3 N–H and O–H groups in total. The molecule has 0 atom stereocenters. The van der Waals surface area contributed by atoms with Crippen LogP contribution >= 0.6 is 0 Å². The van der Waals surface area contributed by atoms with Gasteiger partial charge in [-0.3, -0.25) is 0 Å². The molecule has 0 aromatic heterocycles. The largest absolute Gasteiger partial charge is 0.398 e. The molecule has 0 saturated carbocycles. The van der Waals surface area contributed by atoms with Gasteiger partial charge in [-0.25, -0.2) is 8.42 Å². The Hall–Kier alpha value is -1.33. The van der Waals surface area contributed by atoms with Crippen LogP contribution in [0.2, 0.25) is 0 Å². The van der Waals surface area contributed by atoms with E-state index in [-0.39, 0.29) is 4.90 Å². The lowest BCUT2D eigenvalue weighted by molar-refractivity contribution is 0.606. The maximum Gasteiger partial charge on any atom is 0.202 e. The average Bonchev–Trinajstić information content (AvgIpc) is 2.49. The first-order chi connectivity index (χ1) is 7.92. The number of hydrogen-bond acceptors (Lipinski definition) is 4. The molecule has 92 valence electrons. The monoisotopic (exact) mass is 252 g/mol. The van der Waals surface area contributed by atoms with Crippen molar-refractivity contribution in [2.45, 2.75) is 24.8 Å². The van der Waals surface area contributed by atoms with Gasteiger partial charge in [0.2, 0.25) is 9.84 Å². The van der Waals surface area contributed by atoms with Crippen molar-refractivity contribution in [1.29, 1.82) is 0 Å². The van der Waals surface area contributed by atoms with Crippen LogP contribution in [-0.4, -0.2) is 21.0 Å². The highest BCUT2D eigenvalue weighted by Crippen LogP contribution is 2.36. The Labute approximate surface area is 101 Å². The Morgan fingerprint density at radius 1 is 1.35 bits per heavy atom. The summed E-state index contributed by atoms with van der Waals surface area (Å²) in [5.74, 6) is 0. The topological polar surface area (TPSA) is 72.2 Å². The molecule has 0 saturated heterocycles. The molecule has 1 heterocycles. The van der Waals surface area contributed by atoms with Crippen molar-refractivity contribution in [3.63, 3.8) is 0 Å². The second kappa shape index (κ2) is 4.16. The van der Waals surface area contributed by atoms with E-state index in [1.807, 2.05) is 13.8 Å². The Kier molecular flexibility index (Phi) is 2.97. The minimum absolute atomic E-state index is 0.251. The molecular formula is C12H16N2O2S. The van der Waals surface area contributed by atoms with Gasteiger partial charge in [0.15, 0.2) is 0 Å². The number of anilines is 1. The molecule has 1 aromatic rings. The summed E-state index contributed by atoms with van der Waals surface area (Å²) in [6.07, 6.45) is 0. The van der Waals surface area contributed by atoms with Crippen molar-refractivity contribution < 1.29 is 8.42 Å². The highest BCUT2D eigenvalue weighted by molar-refractivity contribution is 7.95. The van der Waals surface area contributed by atoms with E-state index in [1.54, 1.807) is 18.2 Å². The molecule has 1 aliphatic heterocycles. The number of nitrogens with two attached hydrogens (primary N) is 1. The second-order valence-electron chi connectivity index (χ2n) is 4.45. The van der Waals surface area contributed by atoms with Crippen molar-refractivity contribution in [3.8, 4) is 0 Å². The lowest BCUT2D eigenvalue weighted by atomic mass is 10.1. The molecule has 1 aromatic carbocycles. The lowest BCUT2D eigenvalue weighted by Gasteiger charge is -2.09. The van der Waals surface area contributed by atoms with Gasteiger partial charge in [-0.1, -0.05) is 26.0 Å². The standard InChI is InChI=1S/C12H16N2O2S/c1-8(2)14-6-9-7-17(15,16)12-10(9)4-3-5-11(12)13/h3-5,7-8,14H,6,13H2,1-2H3. The number of nitrogens with one attached hydrogen (secondary N) is 1. The normalized spacial score (nSPS) is 17.0. The minimum atomic E-state index is -3.36. The molecular weight excluding hydrogens is 236 g/mol. The summed E-state index contributed by atoms with van der Waals surface area (Å²) in [5, 5.41) is 4.52. The van der Waals surface area contributed by atoms with Gasteiger partial charge >= 0.3 is 0 Å². The SMILES string of the molecule is CC(C)NCC1=CS(=O)(=O)c2c(N)cccc21. The van der Waals surface area contributed by atoms with Crippen LogP contribution in [0.25, 0.3) is 5.57 Å². The van der Waals surface area contributed by atoms with Gasteiger partial charge < -0.3 is 11.1 Å². The van der Waals surface area contributed by atoms with E-state index in [2.05, 4.69) is 5.32 Å². The number of benzene rings is 1. The van der Waals surface area contributed by atoms with Crippen LogP contribution in [0.15, 0.2) is 28.5 Å². The van der Waals surface area contributed by atoms with Gasteiger partial charge in [0.1, 0.15) is 4.90 Å². The van der Waals surface area contributed by atoms with E-state index in [0.29, 0.717) is 18.3 Å². The van der Waals surface area contributed by atoms with Gasteiger partial charge in [0, 0.05) is 23.6 Å². The zero-order valence-corrected chi connectivity index (χ0v) is 10.7. The summed E-state index contributed by atoms with van der Waals surface area (Å²) >= 11 is 0. The molecule has 0 bridgehead atoms. The predicted molar refractivity (Wildman–Crippen MR) is 69.2 cm³/mol. The Bertz CT molecular complexity index is 574.